The highest BCUT2D eigenvalue weighted by Crippen LogP contribution is 2.60. The lowest BCUT2D eigenvalue weighted by molar-refractivity contribution is -0.173. The highest BCUT2D eigenvalue weighted by atomic mass is 16.3. The molecule has 4 bridgehead atoms. The Morgan fingerprint density at radius 2 is 1.45 bits per heavy atom. The van der Waals surface area contributed by atoms with Crippen molar-refractivity contribution in [3.63, 3.8) is 0 Å². The van der Waals surface area contributed by atoms with Crippen molar-refractivity contribution in [3.05, 3.63) is 160 Å². The molecular weight excluding hydrogens is 945 g/mol. The summed E-state index contributed by atoms with van der Waals surface area (Å²) in [4.78, 5) is 52.9. The SMILES string of the molecule is C[C@H]1C2Cc3ccc(C(=O)NCCc4ccc(C5=CCN=C5)cc4)cc3[C@]1(C)CCN2CC1CC1.O=C1CC[C@@]2(O)[C@H]3Cc4ccc(C(=O)NCCc5ccc(-c6cccnc6)cc5)c(O)c4[C@@]2(CCN3CC2CC2)C1. The van der Waals surface area contributed by atoms with Crippen LogP contribution < -0.4 is 10.6 Å². The summed E-state index contributed by atoms with van der Waals surface area (Å²) < 4.78 is 0. The molecule has 3 saturated carbocycles. The Morgan fingerprint density at radius 1 is 0.763 bits per heavy atom. The van der Waals surface area contributed by atoms with Crippen molar-refractivity contribution >= 4 is 29.4 Å². The molecule has 11 nitrogen and oxygen atoms in total. The van der Waals surface area contributed by atoms with Crippen molar-refractivity contribution in [1.29, 1.82) is 0 Å². The van der Waals surface area contributed by atoms with Crippen LogP contribution in [0.25, 0.3) is 16.7 Å². The van der Waals surface area contributed by atoms with Gasteiger partial charge in [-0.1, -0.05) is 86.7 Å². The number of rotatable bonds is 14. The minimum Gasteiger partial charge on any atom is -0.507 e. The minimum absolute atomic E-state index is 0.0429. The van der Waals surface area contributed by atoms with Gasteiger partial charge in [0.2, 0.25) is 0 Å². The van der Waals surface area contributed by atoms with Crippen LogP contribution in [0.4, 0.5) is 0 Å². The molecule has 2 saturated heterocycles. The quantitative estimate of drug-likeness (QED) is 0.0862. The van der Waals surface area contributed by atoms with Gasteiger partial charge in [0.05, 0.1) is 17.7 Å². The second-order valence-electron chi connectivity index (χ2n) is 24.0. The zero-order valence-electron chi connectivity index (χ0n) is 44.4. The van der Waals surface area contributed by atoms with Gasteiger partial charge in [-0.2, -0.15) is 0 Å². The summed E-state index contributed by atoms with van der Waals surface area (Å²) in [5.41, 5.74) is 10.6. The van der Waals surface area contributed by atoms with Crippen molar-refractivity contribution in [3.8, 4) is 16.9 Å². The number of aliphatic imine (C=N–C) groups is 1. The number of hydrogen-bond donors (Lipinski definition) is 4. The van der Waals surface area contributed by atoms with Gasteiger partial charge in [0.15, 0.2) is 0 Å². The van der Waals surface area contributed by atoms with E-state index in [1.54, 1.807) is 12.3 Å². The number of aromatic nitrogens is 1. The van der Waals surface area contributed by atoms with Crippen LogP contribution in [-0.4, -0.2) is 112 Å². The molecule has 5 aliphatic carbocycles. The van der Waals surface area contributed by atoms with E-state index in [-0.39, 0.29) is 46.8 Å². The largest absolute Gasteiger partial charge is 0.507 e. The molecule has 1 aromatic heterocycles. The third kappa shape index (κ3) is 9.66. The van der Waals surface area contributed by atoms with Gasteiger partial charge in [0.1, 0.15) is 11.5 Å². The van der Waals surface area contributed by atoms with Crippen LogP contribution in [0.2, 0.25) is 0 Å². The molecule has 13 rings (SSSR count). The van der Waals surface area contributed by atoms with E-state index in [1.807, 2.05) is 36.7 Å². The van der Waals surface area contributed by atoms with Gasteiger partial charge in [0, 0.05) is 86.3 Å². The number of fused-ring (bicyclic) bond motifs is 5. The molecule has 8 aliphatic rings. The number of piperidine rings is 2. The van der Waals surface area contributed by atoms with E-state index in [0.29, 0.717) is 68.6 Å². The van der Waals surface area contributed by atoms with Gasteiger partial charge in [-0.3, -0.25) is 34.2 Å². The maximum absolute atomic E-state index is 13.3. The number of Topliss-reactive ketones (excluding diaryl/α,β-unsaturated/α-hetero) is 1. The Bertz CT molecular complexity index is 3070. The minimum atomic E-state index is -1.09. The molecule has 6 atom stereocenters. The van der Waals surface area contributed by atoms with Crippen LogP contribution in [0.5, 0.6) is 5.75 Å². The molecule has 76 heavy (non-hydrogen) atoms. The number of ketones is 1. The van der Waals surface area contributed by atoms with Crippen LogP contribution in [0.1, 0.15) is 131 Å². The Kier molecular flexibility index (Phi) is 13.7. The molecule has 394 valence electrons. The number of carbonyl (C=O) groups excluding carboxylic acids is 3. The van der Waals surface area contributed by atoms with E-state index in [0.717, 1.165) is 66.2 Å². The molecule has 3 aliphatic heterocycles. The number of nitrogens with one attached hydrogen (secondary N) is 2. The Balaban J connectivity index is 0.000000155. The number of pyridine rings is 1. The number of aliphatic hydroxyl groups is 1. The molecule has 5 fully saturated rings. The summed E-state index contributed by atoms with van der Waals surface area (Å²) in [5.74, 6) is 2.03. The van der Waals surface area contributed by atoms with Crippen LogP contribution in [-0.2, 0) is 41.3 Å². The zero-order valence-corrected chi connectivity index (χ0v) is 44.4. The summed E-state index contributed by atoms with van der Waals surface area (Å²) >= 11 is 0. The number of amides is 2. The maximum Gasteiger partial charge on any atom is 0.255 e. The average Bonchev–Trinajstić information content (AvgIpc) is 4.35. The number of allylic oxidation sites excluding steroid dienone is 1. The van der Waals surface area contributed by atoms with Crippen molar-refractivity contribution in [2.45, 2.75) is 126 Å². The number of likely N-dealkylation sites (tertiary alicyclic amines) is 2. The molecule has 4 heterocycles. The first kappa shape index (κ1) is 50.5. The molecule has 0 radical (unpaired) electrons. The van der Waals surface area contributed by atoms with E-state index >= 15 is 0 Å². The Morgan fingerprint density at radius 3 is 2.13 bits per heavy atom. The lowest BCUT2D eigenvalue weighted by Crippen LogP contribution is -2.73. The third-order valence-electron chi connectivity index (χ3n) is 19.4. The number of phenols is 1. The van der Waals surface area contributed by atoms with Crippen LogP contribution in [0.15, 0.2) is 114 Å². The highest BCUT2D eigenvalue weighted by Gasteiger charge is 2.66. The number of carbonyl (C=O) groups is 3. The van der Waals surface area contributed by atoms with Crippen molar-refractivity contribution in [2.24, 2.45) is 22.7 Å². The Hall–Kier alpha value is -6.27. The van der Waals surface area contributed by atoms with E-state index < -0.39 is 11.0 Å². The fourth-order valence-corrected chi connectivity index (χ4v) is 14.4. The summed E-state index contributed by atoms with van der Waals surface area (Å²) in [6.45, 7) is 11.0. The summed E-state index contributed by atoms with van der Waals surface area (Å²) in [7, 11) is 0. The van der Waals surface area contributed by atoms with Gasteiger partial charge in [0.25, 0.3) is 11.8 Å². The van der Waals surface area contributed by atoms with Crippen LogP contribution in [0.3, 0.4) is 0 Å². The second kappa shape index (κ2) is 20.6. The highest BCUT2D eigenvalue weighted by molar-refractivity contribution is 6.11. The van der Waals surface area contributed by atoms with Crippen molar-refractivity contribution in [2.75, 3.05) is 45.8 Å². The first-order chi connectivity index (χ1) is 36.9. The number of benzene rings is 4. The average molecular weight is 1020 g/mol. The monoisotopic (exact) mass is 1020 g/mol. The van der Waals surface area contributed by atoms with E-state index in [1.165, 1.54) is 73.0 Å². The number of phenolic OH excluding ortho intramolecular Hbond substituents is 1. The fourth-order valence-electron chi connectivity index (χ4n) is 14.4. The molecule has 11 heteroatoms. The van der Waals surface area contributed by atoms with E-state index in [9.17, 15) is 24.6 Å². The lowest BCUT2D eigenvalue weighted by Gasteiger charge is -2.63. The van der Waals surface area contributed by atoms with E-state index in [4.69, 9.17) is 0 Å². The molecular formula is C65H74N6O5. The zero-order chi connectivity index (χ0) is 52.2. The summed E-state index contributed by atoms with van der Waals surface area (Å²) in [6, 6.07) is 31.5. The van der Waals surface area contributed by atoms with Gasteiger partial charge < -0.3 is 20.8 Å². The number of aromatic hydroxyl groups is 1. The predicted octanol–water partition coefficient (Wildman–Crippen LogP) is 9.25. The standard InChI is InChI=1S/C34H37N3O4.C31H37N3O/c38-27-11-13-34(41)29-18-25-9-10-28(31(39)30(25)33(34,19-27)14-17-37(29)21-23-3-4-23)32(40)36-16-12-22-5-7-24(8-6-22)26-2-1-15-35-20-26;1-21-29-18-25-9-10-26(17-28(25)31(21,2)13-16-34(29)20-23-3-4-23)30(35)33-15-11-22-5-7-24(8-6-22)27-12-14-32-19-27/h1-2,5-10,15,20,23,29,39,41H,3-4,11-14,16-19,21H2,(H,36,40);5-10,12,17,19,21,23,29H,3-4,11,13-16,18,20H2,1-2H3,(H,33,35)/t29-,33-,34-;21-,29?,31+/m10/s1. The fraction of sp³-hybridized carbons (Fsp3) is 0.462. The third-order valence-corrected chi connectivity index (χ3v) is 19.4. The second-order valence-corrected chi connectivity index (χ2v) is 24.0. The molecule has 0 spiro atoms. The molecule has 4 aromatic carbocycles. The summed E-state index contributed by atoms with van der Waals surface area (Å²) in [5, 5.41) is 30.1. The molecule has 5 aromatic rings. The van der Waals surface area contributed by atoms with E-state index in [2.05, 4.69) is 111 Å². The topological polar surface area (TPSA) is 147 Å². The van der Waals surface area contributed by atoms with Gasteiger partial charge in [-0.05, 0) is 181 Å². The first-order valence-electron chi connectivity index (χ1n) is 28.4. The normalized spacial score (nSPS) is 27.3. The Labute approximate surface area is 448 Å². The van der Waals surface area contributed by atoms with Crippen LogP contribution >= 0.6 is 0 Å². The first-order valence-corrected chi connectivity index (χ1v) is 28.4. The van der Waals surface area contributed by atoms with Crippen LogP contribution in [0, 0.1) is 17.8 Å². The van der Waals surface area contributed by atoms with Gasteiger partial charge in [-0.25, -0.2) is 0 Å². The summed E-state index contributed by atoms with van der Waals surface area (Å²) in [6.07, 6.45) is 19.0. The van der Waals surface area contributed by atoms with Gasteiger partial charge in [-0.15, -0.1) is 0 Å². The van der Waals surface area contributed by atoms with Gasteiger partial charge >= 0.3 is 0 Å². The molecule has 2 amide bonds. The van der Waals surface area contributed by atoms with Crippen molar-refractivity contribution in [1.82, 2.24) is 25.4 Å². The maximum atomic E-state index is 13.3. The molecule has 4 N–H and O–H groups in total. The van der Waals surface area contributed by atoms with Crippen molar-refractivity contribution < 1.29 is 24.6 Å². The number of nitrogens with zero attached hydrogens (tertiary/aromatic N) is 4. The molecule has 1 unspecified atom stereocenters. The smallest absolute Gasteiger partial charge is 0.255 e. The predicted molar refractivity (Wildman–Crippen MR) is 299 cm³/mol. The number of hydrogen-bond acceptors (Lipinski definition) is 9. The lowest BCUT2D eigenvalue weighted by atomic mass is 9.49.